The summed E-state index contributed by atoms with van der Waals surface area (Å²) in [5.74, 6) is -1.11. The third-order valence-corrected chi connectivity index (χ3v) is 5.82. The fraction of sp³-hybridized carbons (Fsp3) is 0.333. The van der Waals surface area contributed by atoms with Crippen LogP contribution in [-0.4, -0.2) is 40.7 Å². The molecule has 1 aliphatic rings. The van der Waals surface area contributed by atoms with E-state index in [1.54, 1.807) is 0 Å². The molecule has 11 heteroatoms. The summed E-state index contributed by atoms with van der Waals surface area (Å²) in [4.78, 5) is 21.1. The molecule has 10 nitrogen and oxygen atoms in total. The van der Waals surface area contributed by atoms with Crippen LogP contribution in [0.1, 0.15) is 23.3 Å². The molecular weight excluding hydrogens is 364 g/mol. The number of aromatic nitrogens is 2. The zero-order chi connectivity index (χ0) is 18.9. The molecule has 0 atom stereocenters. The molecule has 3 rings (SSSR count). The monoisotopic (exact) mass is 380 g/mol. The highest BCUT2D eigenvalue weighted by molar-refractivity contribution is 7.89. The average Bonchev–Trinajstić information content (AvgIpc) is 3.20. The standard InChI is InChI=1S/C15H16N4O6S/c20-14(21)12-5-8-16-18(12)10-15(6-7-15)9-17-26(24,25)13-4-2-1-3-11(13)19(22)23/h1-5,8,17H,6-7,9-10H2,(H,20,21). The fourth-order valence-corrected chi connectivity index (χ4v) is 4.01. The van der Waals surface area contributed by atoms with Gasteiger partial charge in [0.05, 0.1) is 4.92 Å². The van der Waals surface area contributed by atoms with Crippen molar-refractivity contribution >= 4 is 21.7 Å². The van der Waals surface area contributed by atoms with Gasteiger partial charge in [-0.1, -0.05) is 12.1 Å². The molecule has 1 aromatic carbocycles. The van der Waals surface area contributed by atoms with Gasteiger partial charge in [-0.05, 0) is 25.0 Å². The van der Waals surface area contributed by atoms with Crippen molar-refractivity contribution in [3.8, 4) is 0 Å². The zero-order valence-corrected chi connectivity index (χ0v) is 14.3. The molecule has 0 unspecified atom stereocenters. The van der Waals surface area contributed by atoms with Gasteiger partial charge in [-0.15, -0.1) is 0 Å². The Bertz CT molecular complexity index is 964. The van der Waals surface area contributed by atoms with E-state index < -0.39 is 36.9 Å². The van der Waals surface area contributed by atoms with Crippen LogP contribution in [0, 0.1) is 15.5 Å². The Morgan fingerprint density at radius 3 is 2.65 bits per heavy atom. The number of para-hydroxylation sites is 1. The number of hydrogen-bond donors (Lipinski definition) is 2. The second kappa shape index (κ2) is 6.50. The molecule has 1 saturated carbocycles. The minimum Gasteiger partial charge on any atom is -0.477 e. The summed E-state index contributed by atoms with van der Waals surface area (Å²) in [6.07, 6.45) is 2.77. The predicted octanol–water partition coefficient (Wildman–Crippen LogP) is 1.25. The first-order chi connectivity index (χ1) is 12.2. The summed E-state index contributed by atoms with van der Waals surface area (Å²) < 4.78 is 28.7. The Labute approximate surface area is 148 Å². The smallest absolute Gasteiger partial charge is 0.354 e. The lowest BCUT2D eigenvalue weighted by atomic mass is 10.1. The molecule has 0 spiro atoms. The topological polar surface area (TPSA) is 144 Å². The Balaban J connectivity index is 1.75. The van der Waals surface area contributed by atoms with E-state index in [9.17, 15) is 23.3 Å². The average molecular weight is 380 g/mol. The largest absolute Gasteiger partial charge is 0.477 e. The number of nitrogens with zero attached hydrogens (tertiary/aromatic N) is 3. The van der Waals surface area contributed by atoms with Gasteiger partial charge in [0.2, 0.25) is 10.0 Å². The molecule has 1 fully saturated rings. The third kappa shape index (κ3) is 3.58. The van der Waals surface area contributed by atoms with Crippen LogP contribution in [0.25, 0.3) is 0 Å². The number of nitro benzene ring substituents is 1. The molecule has 0 bridgehead atoms. The van der Waals surface area contributed by atoms with Gasteiger partial charge < -0.3 is 5.11 Å². The number of carbonyl (C=O) groups is 1. The van der Waals surface area contributed by atoms with Gasteiger partial charge in [0, 0.05) is 30.8 Å². The molecule has 0 aliphatic heterocycles. The van der Waals surface area contributed by atoms with Crippen molar-refractivity contribution in [3.05, 3.63) is 52.3 Å². The lowest BCUT2D eigenvalue weighted by molar-refractivity contribution is -0.387. The number of benzene rings is 1. The van der Waals surface area contributed by atoms with Gasteiger partial charge in [-0.2, -0.15) is 5.10 Å². The van der Waals surface area contributed by atoms with Crippen molar-refractivity contribution in [2.75, 3.05) is 6.54 Å². The SMILES string of the molecule is O=C(O)c1ccnn1CC1(CNS(=O)(=O)c2ccccc2[N+](=O)[O-])CC1. The molecule has 0 saturated heterocycles. The maximum atomic E-state index is 12.5. The van der Waals surface area contributed by atoms with Gasteiger partial charge in [0.25, 0.3) is 5.69 Å². The van der Waals surface area contributed by atoms with Crippen LogP contribution in [-0.2, 0) is 16.6 Å². The van der Waals surface area contributed by atoms with E-state index in [1.165, 1.54) is 35.1 Å². The van der Waals surface area contributed by atoms with Crippen molar-refractivity contribution in [2.45, 2.75) is 24.3 Å². The number of hydrogen-bond acceptors (Lipinski definition) is 6. The van der Waals surface area contributed by atoms with E-state index in [1.807, 2.05) is 0 Å². The normalized spacial score (nSPS) is 15.5. The van der Waals surface area contributed by atoms with Crippen molar-refractivity contribution in [1.29, 1.82) is 0 Å². The maximum absolute atomic E-state index is 12.5. The van der Waals surface area contributed by atoms with Crippen molar-refractivity contribution in [3.63, 3.8) is 0 Å². The van der Waals surface area contributed by atoms with Crippen molar-refractivity contribution in [1.82, 2.24) is 14.5 Å². The number of sulfonamides is 1. The molecule has 1 aromatic heterocycles. The van der Waals surface area contributed by atoms with Gasteiger partial charge in [-0.25, -0.2) is 17.9 Å². The maximum Gasteiger partial charge on any atom is 0.354 e. The molecular formula is C15H16N4O6S. The Morgan fingerprint density at radius 2 is 2.04 bits per heavy atom. The van der Waals surface area contributed by atoms with Crippen LogP contribution in [0.4, 0.5) is 5.69 Å². The summed E-state index contributed by atoms with van der Waals surface area (Å²) in [5.41, 5.74) is -0.921. The molecule has 0 radical (unpaired) electrons. The minimum atomic E-state index is -4.07. The van der Waals surface area contributed by atoms with Crippen LogP contribution < -0.4 is 4.72 Å². The van der Waals surface area contributed by atoms with E-state index >= 15 is 0 Å². The van der Waals surface area contributed by atoms with Gasteiger partial charge in [-0.3, -0.25) is 14.8 Å². The van der Waals surface area contributed by atoms with E-state index in [0.29, 0.717) is 12.8 Å². The zero-order valence-electron chi connectivity index (χ0n) is 13.5. The van der Waals surface area contributed by atoms with Gasteiger partial charge >= 0.3 is 5.97 Å². The van der Waals surface area contributed by atoms with Crippen LogP contribution >= 0.6 is 0 Å². The van der Waals surface area contributed by atoms with E-state index in [-0.39, 0.29) is 18.8 Å². The molecule has 2 aromatic rings. The Morgan fingerprint density at radius 1 is 1.35 bits per heavy atom. The van der Waals surface area contributed by atoms with Crippen LogP contribution in [0.3, 0.4) is 0 Å². The predicted molar refractivity (Wildman–Crippen MR) is 89.1 cm³/mol. The van der Waals surface area contributed by atoms with Gasteiger partial charge in [0.1, 0.15) is 5.69 Å². The van der Waals surface area contributed by atoms with Crippen LogP contribution in [0.15, 0.2) is 41.4 Å². The molecule has 26 heavy (non-hydrogen) atoms. The molecule has 2 N–H and O–H groups in total. The molecule has 138 valence electrons. The first kappa shape index (κ1) is 18.0. The number of carboxylic acid groups (broad SMARTS) is 1. The first-order valence-corrected chi connectivity index (χ1v) is 9.21. The highest BCUT2D eigenvalue weighted by Crippen LogP contribution is 2.47. The number of aromatic carboxylic acids is 1. The quantitative estimate of drug-likeness (QED) is 0.518. The lowest BCUT2D eigenvalue weighted by Crippen LogP contribution is -2.33. The summed E-state index contributed by atoms with van der Waals surface area (Å²) >= 11 is 0. The number of carboxylic acids is 1. The number of nitro groups is 1. The number of rotatable bonds is 8. The van der Waals surface area contributed by atoms with E-state index in [4.69, 9.17) is 5.11 Å². The lowest BCUT2D eigenvalue weighted by Gasteiger charge is -2.17. The van der Waals surface area contributed by atoms with E-state index in [2.05, 4.69) is 9.82 Å². The second-order valence-corrected chi connectivity index (χ2v) is 7.96. The highest BCUT2D eigenvalue weighted by atomic mass is 32.2. The molecule has 1 heterocycles. The highest BCUT2D eigenvalue weighted by Gasteiger charge is 2.44. The summed E-state index contributed by atoms with van der Waals surface area (Å²) in [5, 5.41) is 24.1. The van der Waals surface area contributed by atoms with Crippen molar-refractivity contribution < 1.29 is 23.2 Å². The third-order valence-electron chi connectivity index (χ3n) is 4.37. The van der Waals surface area contributed by atoms with Crippen molar-refractivity contribution in [2.24, 2.45) is 5.41 Å². The fourth-order valence-electron chi connectivity index (χ4n) is 2.69. The summed E-state index contributed by atoms with van der Waals surface area (Å²) in [7, 11) is -4.07. The Hall–Kier alpha value is -2.79. The minimum absolute atomic E-state index is 0.0258. The molecule has 0 amide bonds. The summed E-state index contributed by atoms with van der Waals surface area (Å²) in [6, 6.07) is 6.48. The van der Waals surface area contributed by atoms with E-state index in [0.717, 1.165) is 6.07 Å². The molecule has 1 aliphatic carbocycles. The van der Waals surface area contributed by atoms with Crippen LogP contribution in [0.5, 0.6) is 0 Å². The Kier molecular flexibility index (Phi) is 4.50. The van der Waals surface area contributed by atoms with Gasteiger partial charge in [0.15, 0.2) is 4.90 Å². The number of nitrogens with one attached hydrogen (secondary N) is 1. The summed E-state index contributed by atoms with van der Waals surface area (Å²) in [6.45, 7) is 0.293. The second-order valence-electron chi connectivity index (χ2n) is 6.23. The first-order valence-electron chi connectivity index (χ1n) is 7.72. The van der Waals surface area contributed by atoms with Crippen LogP contribution in [0.2, 0.25) is 0 Å².